The van der Waals surface area contributed by atoms with Crippen molar-refractivity contribution in [3.63, 3.8) is 0 Å². The summed E-state index contributed by atoms with van der Waals surface area (Å²) in [5, 5.41) is 2.40. The number of hydrogen-bond acceptors (Lipinski definition) is 4. The Bertz CT molecular complexity index is 676. The lowest BCUT2D eigenvalue weighted by atomic mass is 10.2. The maximum atomic E-state index is 12.0. The third-order valence-corrected chi connectivity index (χ3v) is 5.42. The second kappa shape index (κ2) is 7.78. The maximum Gasteiger partial charge on any atom is 0.261 e. The lowest BCUT2D eigenvalue weighted by Crippen LogP contribution is -2.26. The average Bonchev–Trinajstić information content (AvgIpc) is 2.35. The van der Waals surface area contributed by atoms with Gasteiger partial charge in [0.25, 0.3) is 15.0 Å². The number of carbonyl (C=O) groups is 1. The number of rotatable bonds is 6. The molecule has 1 aromatic carbocycles. The number of hydrogen-bond donors (Lipinski definition) is 1. The van der Waals surface area contributed by atoms with Crippen LogP contribution in [-0.4, -0.2) is 37.1 Å². The highest BCUT2D eigenvalue weighted by Gasteiger charge is 2.19. The van der Waals surface area contributed by atoms with Crippen molar-refractivity contribution < 1.29 is 17.4 Å². The van der Waals surface area contributed by atoms with E-state index < -0.39 is 25.8 Å². The van der Waals surface area contributed by atoms with Gasteiger partial charge in [0.1, 0.15) is 0 Å². The molecular formula is C11H12Cl3NO4S2. The third kappa shape index (κ3) is 5.75. The van der Waals surface area contributed by atoms with Crippen LogP contribution in [0, 0.1) is 0 Å². The van der Waals surface area contributed by atoms with Crippen LogP contribution in [0.15, 0.2) is 17.0 Å². The molecule has 0 aliphatic carbocycles. The van der Waals surface area contributed by atoms with Crippen molar-refractivity contribution in [1.29, 1.82) is 0 Å². The Labute approximate surface area is 139 Å². The number of halogens is 3. The van der Waals surface area contributed by atoms with Crippen LogP contribution in [0.3, 0.4) is 0 Å². The first-order valence-electron chi connectivity index (χ1n) is 5.65. The smallest absolute Gasteiger partial charge is 0.261 e. The van der Waals surface area contributed by atoms with Gasteiger partial charge in [-0.15, -0.1) is 0 Å². The lowest BCUT2D eigenvalue weighted by Gasteiger charge is -2.09. The van der Waals surface area contributed by atoms with Gasteiger partial charge in [0.2, 0.25) is 0 Å². The molecule has 1 unspecified atom stereocenters. The van der Waals surface area contributed by atoms with Gasteiger partial charge in [-0.05, 0) is 18.6 Å². The summed E-state index contributed by atoms with van der Waals surface area (Å²) in [7, 11) is 0.257. The van der Waals surface area contributed by atoms with E-state index in [1.807, 2.05) is 0 Å². The fourth-order valence-electron chi connectivity index (χ4n) is 1.44. The summed E-state index contributed by atoms with van der Waals surface area (Å²) in [6.45, 7) is 0.282. The van der Waals surface area contributed by atoms with Crippen molar-refractivity contribution in [1.82, 2.24) is 5.32 Å². The highest BCUT2D eigenvalue weighted by atomic mass is 35.7. The van der Waals surface area contributed by atoms with E-state index in [1.165, 1.54) is 0 Å². The van der Waals surface area contributed by atoms with Gasteiger partial charge in [0.05, 0.1) is 20.5 Å². The zero-order valence-electron chi connectivity index (χ0n) is 10.9. The van der Waals surface area contributed by atoms with Gasteiger partial charge in [-0.1, -0.05) is 23.2 Å². The quantitative estimate of drug-likeness (QED) is 0.595. The molecule has 0 fully saturated rings. The lowest BCUT2D eigenvalue weighted by molar-refractivity contribution is 0.0953. The van der Waals surface area contributed by atoms with E-state index in [-0.39, 0.29) is 27.0 Å². The van der Waals surface area contributed by atoms with Crippen LogP contribution in [0.25, 0.3) is 0 Å². The van der Waals surface area contributed by atoms with Crippen molar-refractivity contribution in [3.05, 3.63) is 27.7 Å². The molecule has 1 atom stereocenters. The molecule has 0 aliphatic heterocycles. The van der Waals surface area contributed by atoms with Gasteiger partial charge < -0.3 is 5.32 Å². The Morgan fingerprint density at radius 3 is 2.48 bits per heavy atom. The van der Waals surface area contributed by atoms with Crippen LogP contribution >= 0.6 is 33.9 Å². The predicted molar refractivity (Wildman–Crippen MR) is 85.4 cm³/mol. The van der Waals surface area contributed by atoms with Crippen molar-refractivity contribution in [3.8, 4) is 0 Å². The molecule has 10 heteroatoms. The van der Waals surface area contributed by atoms with Crippen molar-refractivity contribution in [2.45, 2.75) is 11.3 Å². The maximum absolute atomic E-state index is 12.0. The molecule has 1 aromatic rings. The van der Waals surface area contributed by atoms with E-state index in [0.717, 1.165) is 12.1 Å². The summed E-state index contributed by atoms with van der Waals surface area (Å²) < 4.78 is 33.5. The topological polar surface area (TPSA) is 80.3 Å². The summed E-state index contributed by atoms with van der Waals surface area (Å²) in [4.78, 5) is 11.7. The summed E-state index contributed by atoms with van der Waals surface area (Å²) >= 11 is 11.7. The van der Waals surface area contributed by atoms with Crippen molar-refractivity contribution in [2.75, 3.05) is 18.6 Å². The zero-order chi connectivity index (χ0) is 16.2. The van der Waals surface area contributed by atoms with Crippen LogP contribution in [0.1, 0.15) is 16.8 Å². The second-order valence-electron chi connectivity index (χ2n) is 4.09. The minimum Gasteiger partial charge on any atom is -0.352 e. The predicted octanol–water partition coefficient (Wildman–Crippen LogP) is 2.42. The third-order valence-electron chi connectivity index (χ3n) is 2.42. The molecule has 1 amide bonds. The standard InChI is InChI=1S/C11H12Cl3NO4S2/c1-20(17)4-2-3-15-11(16)8-5-7(21(14,18)19)6-9(12)10(8)13/h5-6H,2-4H2,1H3,(H,15,16). The molecule has 0 radical (unpaired) electrons. The Morgan fingerprint density at radius 2 is 1.95 bits per heavy atom. The van der Waals surface area contributed by atoms with Gasteiger partial charge in [0, 0.05) is 40.0 Å². The fraction of sp³-hybridized carbons (Fsp3) is 0.364. The molecule has 0 aliphatic rings. The number of amides is 1. The van der Waals surface area contributed by atoms with Crippen LogP contribution in [0.5, 0.6) is 0 Å². The van der Waals surface area contributed by atoms with E-state index in [9.17, 15) is 17.4 Å². The minimum absolute atomic E-state index is 0.0581. The molecule has 0 bridgehead atoms. The average molecular weight is 393 g/mol. The molecule has 0 aromatic heterocycles. The molecule has 5 nitrogen and oxygen atoms in total. The Kier molecular flexibility index (Phi) is 6.93. The van der Waals surface area contributed by atoms with Crippen LogP contribution in [-0.2, 0) is 19.9 Å². The molecule has 0 heterocycles. The zero-order valence-corrected chi connectivity index (χ0v) is 14.8. The molecular weight excluding hydrogens is 381 g/mol. The molecule has 0 saturated carbocycles. The van der Waals surface area contributed by atoms with Crippen LogP contribution < -0.4 is 5.32 Å². The van der Waals surface area contributed by atoms with Gasteiger partial charge in [-0.2, -0.15) is 0 Å². The van der Waals surface area contributed by atoms with Gasteiger partial charge >= 0.3 is 0 Å². The molecule has 1 rings (SSSR count). The van der Waals surface area contributed by atoms with E-state index in [4.69, 9.17) is 33.9 Å². The molecule has 21 heavy (non-hydrogen) atoms. The molecule has 0 saturated heterocycles. The number of nitrogens with one attached hydrogen (secondary N) is 1. The van der Waals surface area contributed by atoms with Crippen LogP contribution in [0.4, 0.5) is 0 Å². The first-order valence-corrected chi connectivity index (χ1v) is 10.4. The monoisotopic (exact) mass is 391 g/mol. The second-order valence-corrected chi connectivity index (χ2v) is 9.00. The van der Waals surface area contributed by atoms with Crippen LogP contribution in [0.2, 0.25) is 10.0 Å². The summed E-state index contributed by atoms with van der Waals surface area (Å²) in [6.07, 6.45) is 2.08. The highest BCUT2D eigenvalue weighted by Crippen LogP contribution is 2.30. The van der Waals surface area contributed by atoms with E-state index in [0.29, 0.717) is 12.2 Å². The highest BCUT2D eigenvalue weighted by molar-refractivity contribution is 8.13. The number of carbonyl (C=O) groups excluding carboxylic acids is 1. The Morgan fingerprint density at radius 1 is 1.33 bits per heavy atom. The summed E-state index contributed by atoms with van der Waals surface area (Å²) in [6, 6.07) is 2.13. The number of benzene rings is 1. The Hall–Kier alpha value is -0.340. The summed E-state index contributed by atoms with van der Waals surface area (Å²) in [5.41, 5.74) is -0.0824. The first kappa shape index (κ1) is 18.7. The van der Waals surface area contributed by atoms with E-state index in [2.05, 4.69) is 5.32 Å². The van der Waals surface area contributed by atoms with E-state index in [1.54, 1.807) is 6.26 Å². The SMILES string of the molecule is CS(=O)CCCNC(=O)c1cc(S(=O)(=O)Cl)cc(Cl)c1Cl. The molecule has 118 valence electrons. The largest absolute Gasteiger partial charge is 0.352 e. The van der Waals surface area contributed by atoms with Gasteiger partial charge in [-0.3, -0.25) is 9.00 Å². The van der Waals surface area contributed by atoms with Crippen molar-refractivity contribution in [2.24, 2.45) is 0 Å². The first-order chi connectivity index (χ1) is 9.62. The van der Waals surface area contributed by atoms with Crippen molar-refractivity contribution >= 4 is 59.6 Å². The molecule has 1 N–H and O–H groups in total. The fourth-order valence-corrected chi connectivity index (χ4v) is 3.26. The van der Waals surface area contributed by atoms with Gasteiger partial charge in [0.15, 0.2) is 0 Å². The minimum atomic E-state index is -4.03. The van der Waals surface area contributed by atoms with E-state index >= 15 is 0 Å². The normalized spacial score (nSPS) is 13.0. The Balaban J connectivity index is 2.93. The summed E-state index contributed by atoms with van der Waals surface area (Å²) in [5.74, 6) is -0.129. The molecule has 0 spiro atoms. The van der Waals surface area contributed by atoms with Gasteiger partial charge in [-0.25, -0.2) is 8.42 Å².